The van der Waals surface area contributed by atoms with Crippen LogP contribution in [0.2, 0.25) is 0 Å². The Hall–Kier alpha value is -3.74. The number of nitrogens with zero attached hydrogens (tertiary/aromatic N) is 1. The summed E-state index contributed by atoms with van der Waals surface area (Å²) in [6, 6.07) is 12.9. The third-order valence-electron chi connectivity index (χ3n) is 7.77. The Labute approximate surface area is 196 Å². The molecule has 5 aliphatic rings. The van der Waals surface area contributed by atoms with Crippen LogP contribution in [0.5, 0.6) is 5.75 Å². The van der Waals surface area contributed by atoms with E-state index in [1.165, 1.54) is 18.1 Å². The molecule has 2 bridgehead atoms. The first-order valence-electron chi connectivity index (χ1n) is 11.5. The molecule has 3 fully saturated rings. The van der Waals surface area contributed by atoms with Gasteiger partial charge in [-0.25, -0.2) is 9.69 Å². The second-order valence-electron chi connectivity index (χ2n) is 9.41. The average molecular weight is 457 g/mol. The van der Waals surface area contributed by atoms with Crippen LogP contribution in [0.25, 0.3) is 0 Å². The van der Waals surface area contributed by atoms with Gasteiger partial charge in [-0.3, -0.25) is 14.4 Å². The van der Waals surface area contributed by atoms with Crippen LogP contribution in [0.3, 0.4) is 0 Å². The third kappa shape index (κ3) is 3.03. The SMILES string of the molecule is COc1ccc(C(=O)COC(=O)c2ccccc2N2C(=O)[C@H]3[C@@H]4C=C[C@H]([C@H]5C[C@H]45)[C@@H]3C2=O)cc1. The summed E-state index contributed by atoms with van der Waals surface area (Å²) in [6.45, 7) is -0.454. The number of Topliss-reactive ketones (excluding diaryl/α,β-unsaturated/α-hetero) is 1. The summed E-state index contributed by atoms with van der Waals surface area (Å²) in [5.41, 5.74) is 0.704. The van der Waals surface area contributed by atoms with Gasteiger partial charge in [0.2, 0.25) is 11.8 Å². The molecule has 1 heterocycles. The second-order valence-corrected chi connectivity index (χ2v) is 9.41. The predicted molar refractivity (Wildman–Crippen MR) is 121 cm³/mol. The van der Waals surface area contributed by atoms with E-state index in [1.807, 2.05) is 0 Å². The van der Waals surface area contributed by atoms with Gasteiger partial charge in [0, 0.05) is 5.56 Å². The Morgan fingerprint density at radius 3 is 2.15 bits per heavy atom. The van der Waals surface area contributed by atoms with Gasteiger partial charge < -0.3 is 9.47 Å². The standard InChI is InChI=1S/C27H23NO6/c1-33-15-8-6-14(7-9-15)22(29)13-34-27(32)18-4-2-3-5-21(18)28-25(30)23-16-10-11-17(20-12-19(16)20)24(23)26(28)31/h2-11,16-17,19-20,23-24H,12-13H2,1H3/t16-,17-,19-,20-,23+,24+/m1/s1. The number of ether oxygens (including phenoxy) is 2. The maximum absolute atomic E-state index is 13.4. The zero-order chi connectivity index (χ0) is 23.6. The van der Waals surface area contributed by atoms with Crippen molar-refractivity contribution in [2.24, 2.45) is 35.5 Å². The van der Waals surface area contributed by atoms with E-state index >= 15 is 0 Å². The molecule has 1 aliphatic heterocycles. The van der Waals surface area contributed by atoms with Gasteiger partial charge in [0.05, 0.1) is 30.2 Å². The Balaban J connectivity index is 1.22. The fourth-order valence-electron chi connectivity index (χ4n) is 6.10. The van der Waals surface area contributed by atoms with Gasteiger partial charge >= 0.3 is 5.97 Å². The van der Waals surface area contributed by atoms with Gasteiger partial charge in [0.25, 0.3) is 0 Å². The molecule has 0 radical (unpaired) electrons. The van der Waals surface area contributed by atoms with Crippen molar-refractivity contribution >= 4 is 29.3 Å². The molecule has 7 heteroatoms. The van der Waals surface area contributed by atoms with E-state index in [0.29, 0.717) is 23.1 Å². The Morgan fingerprint density at radius 1 is 0.912 bits per heavy atom. The minimum Gasteiger partial charge on any atom is -0.497 e. The minimum atomic E-state index is -0.753. The first-order valence-corrected chi connectivity index (χ1v) is 11.5. The van der Waals surface area contributed by atoms with Gasteiger partial charge in [-0.05, 0) is 66.5 Å². The lowest BCUT2D eigenvalue weighted by atomic mass is 9.63. The lowest BCUT2D eigenvalue weighted by molar-refractivity contribution is -0.124. The summed E-state index contributed by atoms with van der Waals surface area (Å²) < 4.78 is 10.4. The molecule has 0 unspecified atom stereocenters. The minimum absolute atomic E-state index is 0.0934. The van der Waals surface area contributed by atoms with Crippen molar-refractivity contribution in [3.63, 3.8) is 0 Å². The number of ketones is 1. The van der Waals surface area contributed by atoms with Crippen molar-refractivity contribution in [2.75, 3.05) is 18.6 Å². The lowest BCUT2D eigenvalue weighted by Crippen LogP contribution is -2.40. The summed E-state index contributed by atoms with van der Waals surface area (Å²) in [5, 5.41) is 0. The maximum Gasteiger partial charge on any atom is 0.340 e. The summed E-state index contributed by atoms with van der Waals surface area (Å²) in [5.74, 6) is -0.502. The summed E-state index contributed by atoms with van der Waals surface area (Å²) in [6.07, 6.45) is 5.31. The smallest absolute Gasteiger partial charge is 0.340 e. The number of methoxy groups -OCH3 is 1. The Kier molecular flexibility index (Phi) is 4.69. The summed E-state index contributed by atoms with van der Waals surface area (Å²) in [7, 11) is 1.53. The molecular weight excluding hydrogens is 434 g/mol. The zero-order valence-electron chi connectivity index (χ0n) is 18.5. The van der Waals surface area contributed by atoms with Crippen LogP contribution in [0.1, 0.15) is 27.1 Å². The molecule has 2 aromatic carbocycles. The molecule has 1 saturated heterocycles. The summed E-state index contributed by atoms with van der Waals surface area (Å²) >= 11 is 0. The quantitative estimate of drug-likeness (QED) is 0.286. The van der Waals surface area contributed by atoms with E-state index in [-0.39, 0.29) is 52.5 Å². The van der Waals surface area contributed by atoms with Crippen LogP contribution in [-0.2, 0) is 14.3 Å². The van der Waals surface area contributed by atoms with Gasteiger partial charge in [0.15, 0.2) is 12.4 Å². The van der Waals surface area contributed by atoms with Crippen LogP contribution < -0.4 is 9.64 Å². The van der Waals surface area contributed by atoms with Crippen molar-refractivity contribution in [1.82, 2.24) is 0 Å². The topological polar surface area (TPSA) is 90.0 Å². The monoisotopic (exact) mass is 457 g/mol. The van der Waals surface area contributed by atoms with Gasteiger partial charge in [0.1, 0.15) is 5.75 Å². The number of para-hydroxylation sites is 1. The van der Waals surface area contributed by atoms with E-state index in [9.17, 15) is 19.2 Å². The Morgan fingerprint density at radius 2 is 1.53 bits per heavy atom. The van der Waals surface area contributed by atoms with E-state index < -0.39 is 12.6 Å². The molecular formula is C27H23NO6. The van der Waals surface area contributed by atoms with E-state index in [1.54, 1.807) is 42.5 Å². The molecule has 7 rings (SSSR count). The molecule has 2 aromatic rings. The van der Waals surface area contributed by atoms with Gasteiger partial charge in [-0.1, -0.05) is 24.3 Å². The van der Waals surface area contributed by atoms with Gasteiger partial charge in [-0.15, -0.1) is 0 Å². The van der Waals surface area contributed by atoms with E-state index in [0.717, 1.165) is 6.42 Å². The number of anilines is 1. The molecule has 4 aliphatic carbocycles. The summed E-state index contributed by atoms with van der Waals surface area (Å²) in [4.78, 5) is 53.4. The lowest BCUT2D eigenvalue weighted by Gasteiger charge is -2.37. The highest BCUT2D eigenvalue weighted by Crippen LogP contribution is 2.65. The Bertz CT molecular complexity index is 1210. The fraction of sp³-hybridized carbons (Fsp3) is 0.333. The maximum atomic E-state index is 13.4. The van der Waals surface area contributed by atoms with Crippen LogP contribution >= 0.6 is 0 Å². The first kappa shape index (κ1) is 20.8. The predicted octanol–water partition coefficient (Wildman–Crippen LogP) is 3.29. The van der Waals surface area contributed by atoms with Crippen molar-refractivity contribution in [3.05, 3.63) is 71.8 Å². The zero-order valence-corrected chi connectivity index (χ0v) is 18.5. The number of hydrogen-bond acceptors (Lipinski definition) is 6. The first-order chi connectivity index (χ1) is 16.5. The van der Waals surface area contributed by atoms with Crippen LogP contribution in [0.4, 0.5) is 5.69 Å². The van der Waals surface area contributed by atoms with Crippen LogP contribution in [0.15, 0.2) is 60.7 Å². The van der Waals surface area contributed by atoms with Crippen molar-refractivity contribution in [2.45, 2.75) is 6.42 Å². The van der Waals surface area contributed by atoms with Crippen molar-refractivity contribution in [1.29, 1.82) is 0 Å². The number of imide groups is 1. The molecule has 0 aromatic heterocycles. The molecule has 6 atom stereocenters. The average Bonchev–Trinajstić information content (AvgIpc) is 3.65. The number of benzene rings is 2. The highest BCUT2D eigenvalue weighted by atomic mass is 16.5. The number of amides is 2. The molecule has 2 amide bonds. The normalized spacial score (nSPS) is 30.1. The number of hydrogen-bond donors (Lipinski definition) is 0. The molecule has 7 nitrogen and oxygen atoms in total. The van der Waals surface area contributed by atoms with Crippen LogP contribution in [-0.4, -0.2) is 37.3 Å². The number of rotatable bonds is 6. The number of allylic oxidation sites excluding steroid dienone is 2. The number of carbonyl (C=O) groups is 4. The largest absolute Gasteiger partial charge is 0.497 e. The molecule has 0 N–H and O–H groups in total. The van der Waals surface area contributed by atoms with E-state index in [4.69, 9.17) is 9.47 Å². The molecule has 34 heavy (non-hydrogen) atoms. The molecule has 172 valence electrons. The van der Waals surface area contributed by atoms with Crippen LogP contribution in [0, 0.1) is 35.5 Å². The van der Waals surface area contributed by atoms with E-state index in [2.05, 4.69) is 12.2 Å². The van der Waals surface area contributed by atoms with Crippen molar-refractivity contribution in [3.8, 4) is 5.75 Å². The second kappa shape index (κ2) is 7.65. The third-order valence-corrected chi connectivity index (χ3v) is 7.77. The number of carbonyl (C=O) groups excluding carboxylic acids is 4. The van der Waals surface area contributed by atoms with Gasteiger partial charge in [-0.2, -0.15) is 0 Å². The molecule has 2 saturated carbocycles. The molecule has 0 spiro atoms. The number of esters is 1. The van der Waals surface area contributed by atoms with Crippen molar-refractivity contribution < 1.29 is 28.7 Å². The fourth-order valence-corrected chi connectivity index (χ4v) is 6.10. The highest BCUT2D eigenvalue weighted by Gasteiger charge is 2.67. The highest BCUT2D eigenvalue weighted by molar-refractivity contribution is 6.24.